The Morgan fingerprint density at radius 1 is 1.25 bits per heavy atom. The largest absolute Gasteiger partial charge is 0.326 e. The first kappa shape index (κ1) is 20.4. The molecule has 0 saturated carbocycles. The number of amides is 2. The normalized spacial score (nSPS) is 18.0. The van der Waals surface area contributed by atoms with E-state index in [4.69, 9.17) is 11.6 Å². The van der Waals surface area contributed by atoms with Crippen molar-refractivity contribution in [2.45, 2.75) is 31.9 Å². The van der Waals surface area contributed by atoms with Gasteiger partial charge in [-0.05, 0) is 54.8 Å². The molecule has 1 heterocycles. The standard InChI is InChI=1S/C21H22ClN3O2S/c1-4-14-5-8-16(9-6-14)23-21-25(3)20(27)18(28-21)12-19(26)24-17-10-7-15(22)11-13(17)2/h5-11,18H,4,12H2,1-3H3,(H,24,26)/t18-/m0/s1. The highest BCUT2D eigenvalue weighted by atomic mass is 35.5. The topological polar surface area (TPSA) is 61.8 Å². The fourth-order valence-corrected chi connectivity index (χ4v) is 4.23. The monoisotopic (exact) mass is 415 g/mol. The van der Waals surface area contributed by atoms with Crippen LogP contribution < -0.4 is 5.32 Å². The summed E-state index contributed by atoms with van der Waals surface area (Å²) in [6.07, 6.45) is 1.05. The Kier molecular flexibility index (Phi) is 6.42. The number of hydrogen-bond donors (Lipinski definition) is 1. The smallest absolute Gasteiger partial charge is 0.242 e. The lowest BCUT2D eigenvalue weighted by atomic mass is 10.2. The van der Waals surface area contributed by atoms with Gasteiger partial charge in [0.1, 0.15) is 5.25 Å². The SMILES string of the molecule is CCc1ccc(N=C2S[C@@H](CC(=O)Nc3ccc(Cl)cc3C)C(=O)N2C)cc1. The maximum atomic E-state index is 12.5. The predicted molar refractivity (Wildman–Crippen MR) is 116 cm³/mol. The molecule has 0 aliphatic carbocycles. The second-order valence-electron chi connectivity index (χ2n) is 6.63. The minimum atomic E-state index is -0.480. The highest BCUT2D eigenvalue weighted by Crippen LogP contribution is 2.31. The zero-order chi connectivity index (χ0) is 20.3. The highest BCUT2D eigenvalue weighted by Gasteiger charge is 2.37. The number of halogens is 1. The number of carbonyl (C=O) groups excluding carboxylic acids is 2. The molecular formula is C21H22ClN3O2S. The number of benzene rings is 2. The number of thioether (sulfide) groups is 1. The molecule has 1 fully saturated rings. The van der Waals surface area contributed by atoms with E-state index in [1.54, 1.807) is 25.2 Å². The molecule has 2 aromatic carbocycles. The van der Waals surface area contributed by atoms with Crippen molar-refractivity contribution >= 4 is 51.7 Å². The van der Waals surface area contributed by atoms with Crippen molar-refractivity contribution in [2.24, 2.45) is 4.99 Å². The van der Waals surface area contributed by atoms with E-state index in [1.807, 2.05) is 31.2 Å². The van der Waals surface area contributed by atoms with Gasteiger partial charge in [0, 0.05) is 24.2 Å². The first-order chi connectivity index (χ1) is 13.4. The fraction of sp³-hybridized carbons (Fsp3) is 0.286. The van der Waals surface area contributed by atoms with Crippen molar-refractivity contribution in [1.82, 2.24) is 4.90 Å². The van der Waals surface area contributed by atoms with Gasteiger partial charge in [0.2, 0.25) is 11.8 Å². The second-order valence-corrected chi connectivity index (χ2v) is 8.24. The minimum Gasteiger partial charge on any atom is -0.326 e. The average molecular weight is 416 g/mol. The van der Waals surface area contributed by atoms with Crippen LogP contribution in [0.3, 0.4) is 0 Å². The summed E-state index contributed by atoms with van der Waals surface area (Å²) in [6, 6.07) is 13.2. The van der Waals surface area contributed by atoms with Crippen LogP contribution in [0, 0.1) is 6.92 Å². The summed E-state index contributed by atoms with van der Waals surface area (Å²) in [7, 11) is 1.69. The molecule has 3 rings (SSSR count). The van der Waals surface area contributed by atoms with E-state index in [-0.39, 0.29) is 18.2 Å². The first-order valence-corrected chi connectivity index (χ1v) is 10.3. The third kappa shape index (κ3) is 4.75. The number of amidine groups is 1. The van der Waals surface area contributed by atoms with Gasteiger partial charge in [-0.1, -0.05) is 42.4 Å². The molecule has 0 radical (unpaired) electrons. The number of aliphatic imine (C=N–C) groups is 1. The number of nitrogens with one attached hydrogen (secondary N) is 1. The highest BCUT2D eigenvalue weighted by molar-refractivity contribution is 8.15. The number of carbonyl (C=O) groups is 2. The van der Waals surface area contributed by atoms with Crippen LogP contribution in [-0.4, -0.2) is 34.2 Å². The quantitative estimate of drug-likeness (QED) is 0.762. The third-order valence-corrected chi connectivity index (χ3v) is 6.01. The van der Waals surface area contributed by atoms with Crippen LogP contribution in [0.2, 0.25) is 5.02 Å². The van der Waals surface area contributed by atoms with Crippen molar-refractivity contribution in [3.05, 3.63) is 58.6 Å². The molecule has 1 aliphatic heterocycles. The van der Waals surface area contributed by atoms with Gasteiger partial charge in [-0.15, -0.1) is 0 Å². The van der Waals surface area contributed by atoms with E-state index in [1.165, 1.54) is 22.2 Å². The van der Waals surface area contributed by atoms with Gasteiger partial charge in [0.15, 0.2) is 5.17 Å². The van der Waals surface area contributed by atoms with Crippen LogP contribution in [0.5, 0.6) is 0 Å². The molecule has 0 bridgehead atoms. The van der Waals surface area contributed by atoms with E-state index in [0.717, 1.165) is 17.7 Å². The molecule has 0 aromatic heterocycles. The van der Waals surface area contributed by atoms with Crippen LogP contribution >= 0.6 is 23.4 Å². The van der Waals surface area contributed by atoms with Crippen LogP contribution in [0.4, 0.5) is 11.4 Å². The first-order valence-electron chi connectivity index (χ1n) is 9.05. The summed E-state index contributed by atoms with van der Waals surface area (Å²) >= 11 is 7.27. The number of nitrogens with zero attached hydrogens (tertiary/aromatic N) is 2. The van der Waals surface area contributed by atoms with Gasteiger partial charge in [0.25, 0.3) is 0 Å². The number of anilines is 1. The molecule has 0 unspecified atom stereocenters. The molecule has 0 spiro atoms. The predicted octanol–water partition coefficient (Wildman–Crippen LogP) is 4.80. The lowest BCUT2D eigenvalue weighted by Crippen LogP contribution is -2.30. The number of aryl methyl sites for hydroxylation is 2. The van der Waals surface area contributed by atoms with E-state index in [9.17, 15) is 9.59 Å². The Bertz CT molecular complexity index is 928. The van der Waals surface area contributed by atoms with Gasteiger partial charge in [-0.3, -0.25) is 14.5 Å². The van der Waals surface area contributed by atoms with Crippen LogP contribution in [-0.2, 0) is 16.0 Å². The lowest BCUT2D eigenvalue weighted by molar-refractivity contribution is -0.127. The minimum absolute atomic E-state index is 0.0870. The summed E-state index contributed by atoms with van der Waals surface area (Å²) in [6.45, 7) is 3.97. The van der Waals surface area contributed by atoms with E-state index < -0.39 is 5.25 Å². The van der Waals surface area contributed by atoms with Crippen molar-refractivity contribution in [2.75, 3.05) is 12.4 Å². The van der Waals surface area contributed by atoms with E-state index >= 15 is 0 Å². The van der Waals surface area contributed by atoms with Crippen LogP contribution in [0.25, 0.3) is 0 Å². The van der Waals surface area contributed by atoms with E-state index in [0.29, 0.717) is 15.9 Å². The van der Waals surface area contributed by atoms with Gasteiger partial charge in [-0.2, -0.15) is 0 Å². The summed E-state index contributed by atoms with van der Waals surface area (Å²) in [5, 5.41) is 3.60. The molecule has 28 heavy (non-hydrogen) atoms. The molecule has 1 atom stereocenters. The average Bonchev–Trinajstić information content (AvgIpc) is 2.92. The van der Waals surface area contributed by atoms with Gasteiger partial charge in [0.05, 0.1) is 5.69 Å². The zero-order valence-electron chi connectivity index (χ0n) is 16.0. The molecule has 5 nitrogen and oxygen atoms in total. The summed E-state index contributed by atoms with van der Waals surface area (Å²) in [4.78, 5) is 31.0. The fourth-order valence-electron chi connectivity index (χ4n) is 2.85. The maximum Gasteiger partial charge on any atom is 0.242 e. The molecule has 146 valence electrons. The van der Waals surface area contributed by atoms with Crippen LogP contribution in [0.1, 0.15) is 24.5 Å². The van der Waals surface area contributed by atoms with Crippen LogP contribution in [0.15, 0.2) is 47.5 Å². The second kappa shape index (κ2) is 8.80. The van der Waals surface area contributed by atoms with Crippen molar-refractivity contribution in [1.29, 1.82) is 0 Å². The Morgan fingerprint density at radius 2 is 1.96 bits per heavy atom. The molecule has 2 amide bonds. The Morgan fingerprint density at radius 3 is 2.61 bits per heavy atom. The molecule has 1 aliphatic rings. The maximum absolute atomic E-state index is 12.5. The zero-order valence-corrected chi connectivity index (χ0v) is 17.6. The lowest BCUT2D eigenvalue weighted by Gasteiger charge is -2.11. The Labute approximate surface area is 174 Å². The number of rotatable bonds is 5. The Balaban J connectivity index is 1.67. The summed E-state index contributed by atoms with van der Waals surface area (Å²) in [5.74, 6) is -0.324. The van der Waals surface area contributed by atoms with Gasteiger partial charge >= 0.3 is 0 Å². The van der Waals surface area contributed by atoms with Crippen molar-refractivity contribution < 1.29 is 9.59 Å². The molecule has 1 saturated heterocycles. The number of hydrogen-bond acceptors (Lipinski definition) is 4. The summed E-state index contributed by atoms with van der Waals surface area (Å²) < 4.78 is 0. The van der Waals surface area contributed by atoms with Crippen molar-refractivity contribution in [3.63, 3.8) is 0 Å². The third-order valence-electron chi connectivity index (χ3n) is 4.54. The molecule has 7 heteroatoms. The van der Waals surface area contributed by atoms with Crippen molar-refractivity contribution in [3.8, 4) is 0 Å². The molecule has 1 N–H and O–H groups in total. The summed E-state index contributed by atoms with van der Waals surface area (Å²) in [5.41, 5.74) is 3.60. The molecular weight excluding hydrogens is 394 g/mol. The van der Waals surface area contributed by atoms with Gasteiger partial charge < -0.3 is 5.32 Å². The molecule has 2 aromatic rings. The van der Waals surface area contributed by atoms with E-state index in [2.05, 4.69) is 17.2 Å². The van der Waals surface area contributed by atoms with Gasteiger partial charge in [-0.25, -0.2) is 4.99 Å². The Hall–Kier alpha value is -2.31.